The maximum absolute atomic E-state index is 5.36. The molecule has 0 unspecified atom stereocenters. The number of rotatable bonds is 7. The summed E-state index contributed by atoms with van der Waals surface area (Å²) in [5, 5.41) is 8.80. The molecular formula is C15H25BrN4OS. The fourth-order valence-electron chi connectivity index (χ4n) is 2.27. The monoisotopic (exact) mass is 388 g/mol. The molecule has 0 spiro atoms. The number of hydrogen-bond donors (Lipinski definition) is 2. The quantitative estimate of drug-likeness (QED) is 0.427. The topological polar surface area (TPSA) is 48.9 Å². The van der Waals surface area contributed by atoms with Gasteiger partial charge in [0, 0.05) is 40.9 Å². The van der Waals surface area contributed by atoms with Gasteiger partial charge in [-0.3, -0.25) is 4.90 Å². The predicted octanol–water partition coefficient (Wildman–Crippen LogP) is 2.29. The summed E-state index contributed by atoms with van der Waals surface area (Å²) in [6.45, 7) is 9.60. The highest BCUT2D eigenvalue weighted by Gasteiger charge is 2.09. The first kappa shape index (κ1) is 17.7. The van der Waals surface area contributed by atoms with E-state index < -0.39 is 0 Å². The normalized spacial score (nSPS) is 16.7. The third-order valence-corrected chi connectivity index (χ3v) is 5.09. The average molecular weight is 389 g/mol. The van der Waals surface area contributed by atoms with Crippen LogP contribution in [-0.2, 0) is 11.3 Å². The summed E-state index contributed by atoms with van der Waals surface area (Å²) < 4.78 is 6.49. The second kappa shape index (κ2) is 10.2. The summed E-state index contributed by atoms with van der Waals surface area (Å²) >= 11 is 5.20. The molecule has 0 amide bonds. The third kappa shape index (κ3) is 6.64. The first-order valence-corrected chi connectivity index (χ1v) is 9.50. The molecule has 0 aliphatic carbocycles. The van der Waals surface area contributed by atoms with Crippen molar-refractivity contribution in [1.82, 2.24) is 15.5 Å². The molecular weight excluding hydrogens is 364 g/mol. The van der Waals surface area contributed by atoms with Crippen LogP contribution in [0, 0.1) is 0 Å². The molecule has 0 radical (unpaired) electrons. The molecule has 1 aliphatic heterocycles. The van der Waals surface area contributed by atoms with Gasteiger partial charge in [0.05, 0.1) is 19.8 Å². The number of halogens is 1. The number of ether oxygens (including phenoxy) is 1. The molecule has 1 fully saturated rings. The molecule has 2 rings (SSSR count). The number of thiophene rings is 1. The predicted molar refractivity (Wildman–Crippen MR) is 96.7 cm³/mol. The zero-order valence-corrected chi connectivity index (χ0v) is 15.5. The van der Waals surface area contributed by atoms with Gasteiger partial charge in [-0.1, -0.05) is 0 Å². The highest BCUT2D eigenvalue weighted by molar-refractivity contribution is 9.10. The minimum absolute atomic E-state index is 0.717. The number of guanidine groups is 1. The van der Waals surface area contributed by atoms with Crippen molar-refractivity contribution in [1.29, 1.82) is 0 Å². The van der Waals surface area contributed by atoms with Crippen LogP contribution in [0.5, 0.6) is 0 Å². The van der Waals surface area contributed by atoms with E-state index in [1.54, 1.807) is 11.3 Å². The highest BCUT2D eigenvalue weighted by Crippen LogP contribution is 2.20. The zero-order valence-electron chi connectivity index (χ0n) is 13.1. The van der Waals surface area contributed by atoms with Crippen LogP contribution < -0.4 is 10.6 Å². The Morgan fingerprint density at radius 1 is 1.41 bits per heavy atom. The van der Waals surface area contributed by atoms with Crippen molar-refractivity contribution in [3.63, 3.8) is 0 Å². The number of hydrogen-bond acceptors (Lipinski definition) is 4. The fourth-order valence-corrected chi connectivity index (χ4v) is 3.64. The fraction of sp³-hybridized carbons (Fsp3) is 0.667. The Balaban J connectivity index is 1.68. The summed E-state index contributed by atoms with van der Waals surface area (Å²) in [6, 6.07) is 2.12. The SMILES string of the molecule is CCNC(=NCc1cc(Br)cs1)NCCCN1CCOCC1. The van der Waals surface area contributed by atoms with Gasteiger partial charge >= 0.3 is 0 Å². The molecule has 1 aromatic rings. The maximum Gasteiger partial charge on any atom is 0.191 e. The van der Waals surface area contributed by atoms with Gasteiger partial charge in [0.2, 0.25) is 0 Å². The van der Waals surface area contributed by atoms with Gasteiger partial charge in [0.25, 0.3) is 0 Å². The molecule has 2 heterocycles. The van der Waals surface area contributed by atoms with Crippen molar-refractivity contribution in [3.8, 4) is 0 Å². The van der Waals surface area contributed by atoms with Crippen LogP contribution in [0.4, 0.5) is 0 Å². The van der Waals surface area contributed by atoms with Crippen molar-refractivity contribution >= 4 is 33.2 Å². The Morgan fingerprint density at radius 3 is 2.91 bits per heavy atom. The number of nitrogens with zero attached hydrogens (tertiary/aromatic N) is 2. The Hall–Kier alpha value is -0.630. The van der Waals surface area contributed by atoms with Gasteiger partial charge in [-0.15, -0.1) is 11.3 Å². The van der Waals surface area contributed by atoms with E-state index >= 15 is 0 Å². The van der Waals surface area contributed by atoms with E-state index in [-0.39, 0.29) is 0 Å². The largest absolute Gasteiger partial charge is 0.379 e. The Bertz CT molecular complexity index is 460. The number of nitrogens with one attached hydrogen (secondary N) is 2. The van der Waals surface area contributed by atoms with Crippen LogP contribution in [-0.4, -0.2) is 56.8 Å². The Morgan fingerprint density at radius 2 is 2.23 bits per heavy atom. The summed E-state index contributed by atoms with van der Waals surface area (Å²) in [4.78, 5) is 8.35. The molecule has 5 nitrogen and oxygen atoms in total. The molecule has 1 aromatic heterocycles. The summed E-state index contributed by atoms with van der Waals surface area (Å²) in [5.41, 5.74) is 0. The molecule has 0 saturated carbocycles. The van der Waals surface area contributed by atoms with Crippen molar-refractivity contribution in [2.45, 2.75) is 19.9 Å². The standard InChI is InChI=1S/C15H25BrN4OS/c1-2-17-15(19-11-14-10-13(16)12-22-14)18-4-3-5-20-6-8-21-9-7-20/h10,12H,2-9,11H2,1H3,(H2,17,18,19). The molecule has 7 heteroatoms. The molecule has 1 aliphatic rings. The zero-order chi connectivity index (χ0) is 15.6. The van der Waals surface area contributed by atoms with Crippen molar-refractivity contribution in [2.75, 3.05) is 45.9 Å². The van der Waals surface area contributed by atoms with Gasteiger partial charge in [-0.2, -0.15) is 0 Å². The highest BCUT2D eigenvalue weighted by atomic mass is 79.9. The molecule has 1 saturated heterocycles. The van der Waals surface area contributed by atoms with Crippen LogP contribution in [0.3, 0.4) is 0 Å². The van der Waals surface area contributed by atoms with E-state index in [0.29, 0.717) is 0 Å². The molecule has 22 heavy (non-hydrogen) atoms. The molecule has 124 valence electrons. The lowest BCUT2D eigenvalue weighted by Crippen LogP contribution is -2.40. The van der Waals surface area contributed by atoms with E-state index in [9.17, 15) is 0 Å². The van der Waals surface area contributed by atoms with Gasteiger partial charge in [-0.25, -0.2) is 4.99 Å². The maximum atomic E-state index is 5.36. The van der Waals surface area contributed by atoms with Crippen molar-refractivity contribution < 1.29 is 4.74 Å². The third-order valence-electron chi connectivity index (χ3n) is 3.41. The van der Waals surface area contributed by atoms with Crippen LogP contribution >= 0.6 is 27.3 Å². The lowest BCUT2D eigenvalue weighted by molar-refractivity contribution is 0.0376. The van der Waals surface area contributed by atoms with E-state index in [1.165, 1.54) is 4.88 Å². The summed E-state index contributed by atoms with van der Waals surface area (Å²) in [6.07, 6.45) is 1.12. The lowest BCUT2D eigenvalue weighted by Gasteiger charge is -2.26. The van der Waals surface area contributed by atoms with Gasteiger partial charge in [0.15, 0.2) is 5.96 Å². The van der Waals surface area contributed by atoms with Crippen LogP contribution in [0.15, 0.2) is 20.9 Å². The Kier molecular flexibility index (Phi) is 8.22. The van der Waals surface area contributed by atoms with Crippen molar-refractivity contribution in [3.05, 3.63) is 20.8 Å². The van der Waals surface area contributed by atoms with Crippen molar-refractivity contribution in [2.24, 2.45) is 4.99 Å². The van der Waals surface area contributed by atoms with E-state index in [2.05, 4.69) is 54.8 Å². The van der Waals surface area contributed by atoms with Gasteiger partial charge in [0.1, 0.15) is 0 Å². The Labute approximate surface area is 145 Å². The molecule has 0 atom stereocenters. The first-order valence-electron chi connectivity index (χ1n) is 7.83. The first-order chi connectivity index (χ1) is 10.8. The van der Waals surface area contributed by atoms with Gasteiger partial charge in [-0.05, 0) is 41.9 Å². The lowest BCUT2D eigenvalue weighted by atomic mass is 10.3. The second-order valence-corrected chi connectivity index (χ2v) is 7.07. The minimum atomic E-state index is 0.717. The minimum Gasteiger partial charge on any atom is -0.379 e. The molecule has 2 N–H and O–H groups in total. The summed E-state index contributed by atoms with van der Waals surface area (Å²) in [5.74, 6) is 0.897. The van der Waals surface area contributed by atoms with Crippen LogP contribution in [0.25, 0.3) is 0 Å². The van der Waals surface area contributed by atoms with Gasteiger partial charge < -0.3 is 15.4 Å². The molecule has 0 aromatic carbocycles. The van der Waals surface area contributed by atoms with E-state index in [4.69, 9.17) is 4.74 Å². The smallest absolute Gasteiger partial charge is 0.191 e. The van der Waals surface area contributed by atoms with E-state index in [1.807, 2.05) is 0 Å². The average Bonchev–Trinajstić information content (AvgIpc) is 2.95. The summed E-state index contributed by atoms with van der Waals surface area (Å²) in [7, 11) is 0. The van der Waals surface area contributed by atoms with Crippen LogP contribution in [0.1, 0.15) is 18.2 Å². The number of morpholine rings is 1. The van der Waals surface area contributed by atoms with E-state index in [0.717, 1.165) is 69.3 Å². The molecule has 0 bridgehead atoms. The number of aliphatic imine (C=N–C) groups is 1. The van der Waals surface area contributed by atoms with Crippen LogP contribution in [0.2, 0.25) is 0 Å². The second-order valence-electron chi connectivity index (χ2n) is 5.16.